The van der Waals surface area contributed by atoms with E-state index < -0.39 is 47.9 Å². The van der Waals surface area contributed by atoms with Gasteiger partial charge >= 0.3 is 5.97 Å². The summed E-state index contributed by atoms with van der Waals surface area (Å²) >= 11 is 4.17. The number of carboxylic acids is 1. The molecule has 1 aliphatic rings. The molecule has 1 fully saturated rings. The Morgan fingerprint density at radius 1 is 0.972 bits per heavy atom. The van der Waals surface area contributed by atoms with Crippen molar-refractivity contribution >= 4 is 48.2 Å². The average Bonchev–Trinajstić information content (AvgIpc) is 3.31. The Kier molecular flexibility index (Phi) is 13.4. The number of likely N-dealkylation sites (tertiary alicyclic amines) is 1. The lowest BCUT2D eigenvalue weighted by molar-refractivity contribution is -0.144. The first-order valence-corrected chi connectivity index (χ1v) is 12.2. The first-order valence-electron chi connectivity index (χ1n) is 11.6. The highest BCUT2D eigenvalue weighted by molar-refractivity contribution is 7.80. The summed E-state index contributed by atoms with van der Waals surface area (Å²) < 4.78 is 0. The molecule has 0 aromatic rings. The Bertz CT molecular complexity index is 832. The van der Waals surface area contributed by atoms with Crippen LogP contribution in [0.15, 0.2) is 9.98 Å². The van der Waals surface area contributed by atoms with E-state index in [2.05, 4.69) is 33.2 Å². The predicted octanol–water partition coefficient (Wildman–Crippen LogP) is -3.60. The van der Waals surface area contributed by atoms with Crippen LogP contribution in [-0.2, 0) is 19.2 Å². The van der Waals surface area contributed by atoms with Crippen molar-refractivity contribution in [2.45, 2.75) is 62.7 Å². The zero-order chi connectivity index (χ0) is 27.3. The number of nitrogens with one attached hydrogen (secondary N) is 2. The maximum Gasteiger partial charge on any atom is 0.326 e. The molecule has 0 radical (unpaired) electrons. The van der Waals surface area contributed by atoms with Gasteiger partial charge in [0.05, 0.1) is 6.04 Å². The lowest BCUT2D eigenvalue weighted by Crippen LogP contribution is -2.57. The van der Waals surface area contributed by atoms with Gasteiger partial charge in [0.2, 0.25) is 17.7 Å². The fourth-order valence-electron chi connectivity index (χ4n) is 3.65. The summed E-state index contributed by atoms with van der Waals surface area (Å²) in [6.07, 6.45) is 2.11. The zero-order valence-electron chi connectivity index (χ0n) is 20.1. The molecule has 4 unspecified atom stereocenters. The second-order valence-corrected chi connectivity index (χ2v) is 8.70. The van der Waals surface area contributed by atoms with Crippen LogP contribution in [0.5, 0.6) is 0 Å². The Morgan fingerprint density at radius 3 is 2.08 bits per heavy atom. The van der Waals surface area contributed by atoms with Gasteiger partial charge < -0.3 is 49.3 Å². The van der Waals surface area contributed by atoms with Gasteiger partial charge in [0.1, 0.15) is 18.1 Å². The number of aliphatic carboxylic acids is 1. The minimum Gasteiger partial charge on any atom is -0.480 e. The van der Waals surface area contributed by atoms with E-state index in [1.54, 1.807) is 0 Å². The molecule has 1 aliphatic heterocycles. The van der Waals surface area contributed by atoms with Gasteiger partial charge in [0.15, 0.2) is 11.9 Å². The smallest absolute Gasteiger partial charge is 0.326 e. The fraction of sp³-hybridized carbons (Fsp3) is 0.700. The van der Waals surface area contributed by atoms with Crippen LogP contribution in [0.1, 0.15) is 38.5 Å². The molecular formula is C20H38N10O5S. The molecule has 4 atom stereocenters. The maximum absolute atomic E-state index is 13.1. The molecule has 0 aromatic carbocycles. The molecule has 204 valence electrons. The fourth-order valence-corrected chi connectivity index (χ4v) is 3.89. The molecular weight excluding hydrogens is 492 g/mol. The Morgan fingerprint density at radius 2 is 1.56 bits per heavy atom. The normalized spacial score (nSPS) is 17.4. The standard InChI is InChI=1S/C20H38N10O5S/c21-11(4-1-7-26-19(22)23)15(31)29-13(10-36)17(33)30-9-3-6-14(30)16(32)28-12(18(34)35)5-2-8-27-20(24)25/h11-14,36H,1-10,21H2,(H,28,32)(H,29,31)(H,34,35)(H4,22,23,26)(H4,24,25,27). The summed E-state index contributed by atoms with van der Waals surface area (Å²) in [5, 5.41) is 14.5. The quantitative estimate of drug-likeness (QED) is 0.0434. The highest BCUT2D eigenvalue weighted by atomic mass is 32.1. The number of amides is 3. The maximum atomic E-state index is 13.1. The summed E-state index contributed by atoms with van der Waals surface area (Å²) in [4.78, 5) is 59.0. The summed E-state index contributed by atoms with van der Waals surface area (Å²) in [6, 6.07) is -3.93. The lowest BCUT2D eigenvalue weighted by Gasteiger charge is -2.29. The van der Waals surface area contributed by atoms with Crippen molar-refractivity contribution < 1.29 is 24.3 Å². The molecule has 13 N–H and O–H groups in total. The lowest BCUT2D eigenvalue weighted by atomic mass is 10.1. The summed E-state index contributed by atoms with van der Waals surface area (Å²) in [5.74, 6) is -3.02. The van der Waals surface area contributed by atoms with E-state index >= 15 is 0 Å². The van der Waals surface area contributed by atoms with Crippen molar-refractivity contribution in [2.24, 2.45) is 38.7 Å². The molecule has 1 saturated heterocycles. The van der Waals surface area contributed by atoms with Gasteiger partial charge in [-0.25, -0.2) is 4.79 Å². The van der Waals surface area contributed by atoms with Crippen LogP contribution in [0.25, 0.3) is 0 Å². The number of hydrogen-bond donors (Lipinski definition) is 9. The zero-order valence-corrected chi connectivity index (χ0v) is 21.0. The second kappa shape index (κ2) is 15.7. The van der Waals surface area contributed by atoms with E-state index in [4.69, 9.17) is 28.7 Å². The molecule has 0 saturated carbocycles. The van der Waals surface area contributed by atoms with Crippen molar-refractivity contribution in [3.05, 3.63) is 0 Å². The number of nitrogens with two attached hydrogens (primary N) is 5. The van der Waals surface area contributed by atoms with Crippen LogP contribution in [0, 0.1) is 0 Å². The molecule has 15 nitrogen and oxygen atoms in total. The second-order valence-electron chi connectivity index (χ2n) is 8.34. The average molecular weight is 531 g/mol. The monoisotopic (exact) mass is 530 g/mol. The van der Waals surface area contributed by atoms with Crippen molar-refractivity contribution in [3.63, 3.8) is 0 Å². The summed E-state index contributed by atoms with van der Waals surface area (Å²) in [7, 11) is 0. The van der Waals surface area contributed by atoms with Crippen LogP contribution < -0.4 is 39.3 Å². The van der Waals surface area contributed by atoms with Crippen molar-refractivity contribution in [2.75, 3.05) is 25.4 Å². The minimum atomic E-state index is -1.21. The SMILES string of the molecule is NC(N)=NCCCC(N)C(=O)NC(CS)C(=O)N1CCCC1C(=O)NC(CCCN=C(N)N)C(=O)O. The van der Waals surface area contributed by atoms with E-state index in [1.807, 2.05) is 0 Å². The predicted molar refractivity (Wildman–Crippen MR) is 138 cm³/mol. The van der Waals surface area contributed by atoms with Gasteiger partial charge in [-0.1, -0.05) is 0 Å². The molecule has 0 aliphatic carbocycles. The van der Waals surface area contributed by atoms with Gasteiger partial charge in [-0.05, 0) is 38.5 Å². The number of carboxylic acid groups (broad SMARTS) is 1. The van der Waals surface area contributed by atoms with E-state index in [-0.39, 0.29) is 37.2 Å². The molecule has 36 heavy (non-hydrogen) atoms. The Hall–Kier alpha value is -3.27. The first-order chi connectivity index (χ1) is 17.0. The number of carbonyl (C=O) groups excluding carboxylic acids is 3. The van der Waals surface area contributed by atoms with E-state index in [1.165, 1.54) is 4.90 Å². The van der Waals surface area contributed by atoms with Crippen LogP contribution >= 0.6 is 12.6 Å². The third-order valence-corrected chi connectivity index (χ3v) is 5.87. The molecule has 16 heteroatoms. The highest BCUT2D eigenvalue weighted by Crippen LogP contribution is 2.19. The van der Waals surface area contributed by atoms with Crippen molar-refractivity contribution in [1.29, 1.82) is 0 Å². The Balaban J connectivity index is 2.72. The Labute approximate surface area is 215 Å². The van der Waals surface area contributed by atoms with Crippen LogP contribution in [-0.4, -0.2) is 95.2 Å². The van der Waals surface area contributed by atoms with Crippen molar-refractivity contribution in [3.8, 4) is 0 Å². The first kappa shape index (κ1) is 30.8. The van der Waals surface area contributed by atoms with Crippen molar-refractivity contribution in [1.82, 2.24) is 15.5 Å². The van der Waals surface area contributed by atoms with Gasteiger partial charge in [-0.15, -0.1) is 0 Å². The number of carbonyl (C=O) groups is 4. The highest BCUT2D eigenvalue weighted by Gasteiger charge is 2.38. The van der Waals surface area contributed by atoms with E-state index in [0.29, 0.717) is 38.6 Å². The van der Waals surface area contributed by atoms with Gasteiger partial charge in [-0.2, -0.15) is 12.6 Å². The largest absolute Gasteiger partial charge is 0.480 e. The summed E-state index contributed by atoms with van der Waals surface area (Å²) in [6.45, 7) is 0.814. The number of hydrogen-bond acceptors (Lipinski definition) is 8. The van der Waals surface area contributed by atoms with E-state index in [9.17, 15) is 24.3 Å². The molecule has 1 rings (SSSR count). The summed E-state index contributed by atoms with van der Waals surface area (Å²) in [5.41, 5.74) is 26.9. The molecule has 3 amide bonds. The van der Waals surface area contributed by atoms with Crippen LogP contribution in [0.2, 0.25) is 0 Å². The third-order valence-electron chi connectivity index (χ3n) is 5.50. The number of nitrogens with zero attached hydrogens (tertiary/aromatic N) is 3. The van der Waals surface area contributed by atoms with Gasteiger partial charge in [0, 0.05) is 25.4 Å². The molecule has 0 bridgehead atoms. The number of guanidine groups is 2. The van der Waals surface area contributed by atoms with Crippen LogP contribution in [0.3, 0.4) is 0 Å². The molecule has 0 spiro atoms. The number of thiol groups is 1. The number of rotatable bonds is 15. The van der Waals surface area contributed by atoms with Crippen LogP contribution in [0.4, 0.5) is 0 Å². The minimum absolute atomic E-state index is 0.0152. The third kappa shape index (κ3) is 10.6. The molecule has 0 aromatic heterocycles. The van der Waals surface area contributed by atoms with Gasteiger partial charge in [-0.3, -0.25) is 24.4 Å². The number of aliphatic imine (C=N–C) groups is 2. The van der Waals surface area contributed by atoms with Gasteiger partial charge in [0.25, 0.3) is 0 Å². The van der Waals surface area contributed by atoms with E-state index in [0.717, 1.165) is 0 Å². The molecule has 1 heterocycles. The topological polar surface area (TPSA) is 271 Å².